The summed E-state index contributed by atoms with van der Waals surface area (Å²) in [7, 11) is 0. The van der Waals surface area contributed by atoms with Gasteiger partial charge in [0, 0.05) is 6.04 Å². The number of nitrogens with one attached hydrogen (secondary N) is 1. The minimum atomic E-state index is -0.241. The Morgan fingerprint density at radius 1 is 1.35 bits per heavy atom. The van der Waals surface area contributed by atoms with Crippen molar-refractivity contribution in [3.8, 4) is 0 Å². The van der Waals surface area contributed by atoms with Crippen LogP contribution in [0.4, 0.5) is 4.39 Å². The lowest BCUT2D eigenvalue weighted by molar-refractivity contribution is 0.339. The molecule has 1 N–H and O–H groups in total. The van der Waals surface area contributed by atoms with E-state index in [9.17, 15) is 4.39 Å². The van der Waals surface area contributed by atoms with Gasteiger partial charge in [0.15, 0.2) is 0 Å². The molecule has 112 valence electrons. The first-order chi connectivity index (χ1) is 9.72. The van der Waals surface area contributed by atoms with Crippen LogP contribution in [0.3, 0.4) is 0 Å². The molecule has 1 atom stereocenters. The minimum Gasteiger partial charge on any atom is -0.314 e. The van der Waals surface area contributed by atoms with Gasteiger partial charge in [-0.1, -0.05) is 43.5 Å². The number of halogens is 2. The SMILES string of the molecule is CCCNC(CCc1cccc(Cl)c1F)C1CCCC1. The molecule has 1 aromatic carbocycles. The molecule has 0 saturated heterocycles. The molecule has 1 unspecified atom stereocenters. The van der Waals surface area contributed by atoms with Crippen LogP contribution in [0.25, 0.3) is 0 Å². The Morgan fingerprint density at radius 2 is 2.10 bits per heavy atom. The number of hydrogen-bond donors (Lipinski definition) is 1. The number of rotatable bonds is 7. The molecule has 20 heavy (non-hydrogen) atoms. The van der Waals surface area contributed by atoms with E-state index in [2.05, 4.69) is 12.2 Å². The monoisotopic (exact) mass is 297 g/mol. The second kappa shape index (κ2) is 7.99. The zero-order valence-corrected chi connectivity index (χ0v) is 13.1. The number of aryl methyl sites for hydroxylation is 1. The highest BCUT2D eigenvalue weighted by molar-refractivity contribution is 6.30. The maximum atomic E-state index is 13.9. The van der Waals surface area contributed by atoms with Crippen molar-refractivity contribution in [3.63, 3.8) is 0 Å². The van der Waals surface area contributed by atoms with E-state index < -0.39 is 0 Å². The Morgan fingerprint density at radius 3 is 2.80 bits per heavy atom. The van der Waals surface area contributed by atoms with E-state index >= 15 is 0 Å². The van der Waals surface area contributed by atoms with Crippen LogP contribution in [0.15, 0.2) is 18.2 Å². The summed E-state index contributed by atoms with van der Waals surface area (Å²) in [5.41, 5.74) is 0.749. The highest BCUT2D eigenvalue weighted by atomic mass is 35.5. The number of benzene rings is 1. The van der Waals surface area contributed by atoms with Crippen LogP contribution < -0.4 is 5.32 Å². The molecular formula is C17H25ClFN. The van der Waals surface area contributed by atoms with Crippen molar-refractivity contribution in [2.45, 2.75) is 57.9 Å². The van der Waals surface area contributed by atoms with Gasteiger partial charge in [-0.25, -0.2) is 4.39 Å². The molecule has 0 aliphatic heterocycles. The van der Waals surface area contributed by atoms with Gasteiger partial charge < -0.3 is 5.32 Å². The molecule has 0 spiro atoms. The highest BCUT2D eigenvalue weighted by Crippen LogP contribution is 2.30. The summed E-state index contributed by atoms with van der Waals surface area (Å²) in [6.07, 6.45) is 8.25. The fraction of sp³-hybridized carbons (Fsp3) is 0.647. The molecule has 1 nitrogen and oxygen atoms in total. The largest absolute Gasteiger partial charge is 0.314 e. The van der Waals surface area contributed by atoms with Crippen molar-refractivity contribution >= 4 is 11.6 Å². The first-order valence-electron chi connectivity index (χ1n) is 7.88. The van der Waals surface area contributed by atoms with Crippen LogP contribution in [0.5, 0.6) is 0 Å². The van der Waals surface area contributed by atoms with E-state index in [1.54, 1.807) is 6.07 Å². The average molecular weight is 298 g/mol. The Kier molecular flexibility index (Phi) is 6.31. The molecule has 1 aliphatic rings. The Labute approximate surface area is 126 Å². The average Bonchev–Trinajstić information content (AvgIpc) is 2.97. The van der Waals surface area contributed by atoms with Crippen LogP contribution >= 0.6 is 11.6 Å². The maximum Gasteiger partial charge on any atom is 0.144 e. The quantitative estimate of drug-likeness (QED) is 0.749. The molecule has 2 rings (SSSR count). The van der Waals surface area contributed by atoms with Gasteiger partial charge in [-0.05, 0) is 56.2 Å². The van der Waals surface area contributed by atoms with Crippen molar-refractivity contribution in [1.82, 2.24) is 5.32 Å². The normalized spacial score (nSPS) is 17.6. The zero-order chi connectivity index (χ0) is 14.4. The summed E-state index contributed by atoms with van der Waals surface area (Å²) in [6.45, 7) is 3.24. The Hall–Kier alpha value is -0.600. The molecule has 1 saturated carbocycles. The smallest absolute Gasteiger partial charge is 0.144 e. The van der Waals surface area contributed by atoms with E-state index in [0.29, 0.717) is 6.04 Å². The van der Waals surface area contributed by atoms with E-state index in [1.165, 1.54) is 25.7 Å². The summed E-state index contributed by atoms with van der Waals surface area (Å²) in [6, 6.07) is 5.83. The second-order valence-electron chi connectivity index (χ2n) is 5.86. The van der Waals surface area contributed by atoms with E-state index in [0.717, 1.165) is 37.3 Å². The van der Waals surface area contributed by atoms with E-state index in [1.807, 2.05) is 12.1 Å². The molecule has 0 heterocycles. The molecule has 0 aromatic heterocycles. The third-order valence-corrected chi connectivity index (χ3v) is 4.67. The fourth-order valence-corrected chi connectivity index (χ4v) is 3.44. The van der Waals surface area contributed by atoms with Gasteiger partial charge in [-0.2, -0.15) is 0 Å². The van der Waals surface area contributed by atoms with Gasteiger partial charge >= 0.3 is 0 Å². The third kappa shape index (κ3) is 4.20. The van der Waals surface area contributed by atoms with Crippen molar-refractivity contribution in [2.75, 3.05) is 6.54 Å². The fourth-order valence-electron chi connectivity index (χ4n) is 3.25. The lowest BCUT2D eigenvalue weighted by Crippen LogP contribution is -2.36. The summed E-state index contributed by atoms with van der Waals surface area (Å²) >= 11 is 5.85. The minimum absolute atomic E-state index is 0.237. The molecule has 0 amide bonds. The molecule has 3 heteroatoms. The van der Waals surface area contributed by atoms with Crippen molar-refractivity contribution in [3.05, 3.63) is 34.6 Å². The molecule has 0 bridgehead atoms. The predicted molar refractivity (Wildman–Crippen MR) is 83.8 cm³/mol. The second-order valence-corrected chi connectivity index (χ2v) is 6.26. The van der Waals surface area contributed by atoms with Crippen LogP contribution in [0.1, 0.15) is 51.0 Å². The zero-order valence-electron chi connectivity index (χ0n) is 12.3. The molecule has 1 aromatic rings. The van der Waals surface area contributed by atoms with Crippen molar-refractivity contribution < 1.29 is 4.39 Å². The van der Waals surface area contributed by atoms with Crippen LogP contribution in [0, 0.1) is 11.7 Å². The Balaban J connectivity index is 1.95. The van der Waals surface area contributed by atoms with Gasteiger partial charge in [-0.15, -0.1) is 0 Å². The number of hydrogen-bond acceptors (Lipinski definition) is 1. The molecule has 1 fully saturated rings. The van der Waals surface area contributed by atoms with Crippen LogP contribution in [-0.2, 0) is 6.42 Å². The first-order valence-corrected chi connectivity index (χ1v) is 8.26. The van der Waals surface area contributed by atoms with Gasteiger partial charge in [-0.3, -0.25) is 0 Å². The van der Waals surface area contributed by atoms with Crippen molar-refractivity contribution in [1.29, 1.82) is 0 Å². The lowest BCUT2D eigenvalue weighted by atomic mass is 9.92. The summed E-state index contributed by atoms with van der Waals surface area (Å²) in [4.78, 5) is 0. The summed E-state index contributed by atoms with van der Waals surface area (Å²) in [5, 5.41) is 3.90. The van der Waals surface area contributed by atoms with Crippen molar-refractivity contribution in [2.24, 2.45) is 5.92 Å². The molecular weight excluding hydrogens is 273 g/mol. The van der Waals surface area contributed by atoms with Gasteiger partial charge in [0.05, 0.1) is 5.02 Å². The molecule has 1 aliphatic carbocycles. The third-order valence-electron chi connectivity index (χ3n) is 4.38. The van der Waals surface area contributed by atoms with Gasteiger partial charge in [0.1, 0.15) is 5.82 Å². The maximum absolute atomic E-state index is 13.9. The highest BCUT2D eigenvalue weighted by Gasteiger charge is 2.24. The van der Waals surface area contributed by atoms with Gasteiger partial charge in [0.2, 0.25) is 0 Å². The predicted octanol–water partition coefficient (Wildman–Crippen LogP) is 4.97. The topological polar surface area (TPSA) is 12.0 Å². The first kappa shape index (κ1) is 15.8. The molecule has 0 radical (unpaired) electrons. The lowest BCUT2D eigenvalue weighted by Gasteiger charge is -2.25. The van der Waals surface area contributed by atoms with E-state index in [4.69, 9.17) is 11.6 Å². The van der Waals surface area contributed by atoms with Gasteiger partial charge in [0.25, 0.3) is 0 Å². The van der Waals surface area contributed by atoms with E-state index in [-0.39, 0.29) is 10.8 Å². The standard InChI is InChI=1S/C17H25ClFN/c1-2-12-20-16(13-6-3-4-7-13)11-10-14-8-5-9-15(18)17(14)19/h5,8-9,13,16,20H,2-4,6-7,10-12H2,1H3. The Bertz CT molecular complexity index is 415. The summed E-state index contributed by atoms with van der Waals surface area (Å²) < 4.78 is 13.9. The van der Waals surface area contributed by atoms with Crippen LogP contribution in [0.2, 0.25) is 5.02 Å². The van der Waals surface area contributed by atoms with Crippen LogP contribution in [-0.4, -0.2) is 12.6 Å². The summed E-state index contributed by atoms with van der Waals surface area (Å²) in [5.74, 6) is 0.527.